The number of fused-ring (bicyclic) bond motifs is 1. The predicted molar refractivity (Wildman–Crippen MR) is 142 cm³/mol. The maximum Gasteiger partial charge on any atom is 0.255 e. The number of amides is 3. The number of benzene rings is 2. The van der Waals surface area contributed by atoms with E-state index in [-0.39, 0.29) is 30.7 Å². The Morgan fingerprint density at radius 2 is 1.69 bits per heavy atom. The van der Waals surface area contributed by atoms with Crippen LogP contribution < -0.4 is 4.74 Å². The van der Waals surface area contributed by atoms with Gasteiger partial charge in [-0.15, -0.1) is 0 Å². The van der Waals surface area contributed by atoms with E-state index in [1.165, 1.54) is 13.5 Å². The van der Waals surface area contributed by atoms with E-state index >= 15 is 0 Å². The van der Waals surface area contributed by atoms with Gasteiger partial charge >= 0.3 is 0 Å². The number of carbonyl (C=O) groups excluding carboxylic acids is 3. The molecular weight excluding hydrogens is 455 g/mol. The second-order valence-electron chi connectivity index (χ2n) is 10.6. The first kappa shape index (κ1) is 24.7. The maximum atomic E-state index is 13.3. The lowest BCUT2D eigenvalue weighted by molar-refractivity contribution is -0.146. The first-order valence-electron chi connectivity index (χ1n) is 12.5. The second-order valence-corrected chi connectivity index (χ2v) is 10.6. The van der Waals surface area contributed by atoms with Gasteiger partial charge in [0.2, 0.25) is 19.8 Å². The molecule has 2 aromatic rings. The van der Waals surface area contributed by atoms with Crippen molar-refractivity contribution in [1.29, 1.82) is 0 Å². The number of imide groups is 1. The molecule has 11 heteroatoms. The van der Waals surface area contributed by atoms with Crippen molar-refractivity contribution in [2.75, 3.05) is 26.3 Å². The Hall–Kier alpha value is -3.04. The molecule has 8 nitrogen and oxygen atoms in total. The van der Waals surface area contributed by atoms with Crippen LogP contribution in [0.5, 0.6) is 5.75 Å². The number of rotatable bonds is 6. The average molecular weight is 485 g/mol. The summed E-state index contributed by atoms with van der Waals surface area (Å²) in [7, 11) is 5.23. The summed E-state index contributed by atoms with van der Waals surface area (Å²) < 4.78 is 11.6. The van der Waals surface area contributed by atoms with Crippen molar-refractivity contribution >= 4 is 41.4 Å². The van der Waals surface area contributed by atoms with Gasteiger partial charge in [-0.25, -0.2) is 0 Å². The summed E-state index contributed by atoms with van der Waals surface area (Å²) >= 11 is 0. The first-order valence-corrected chi connectivity index (χ1v) is 12.5. The minimum Gasteiger partial charge on any atom is -0.489 e. The highest BCUT2D eigenvalue weighted by molar-refractivity contribution is 6.45. The molecule has 184 valence electrons. The molecule has 2 aromatic carbocycles. The van der Waals surface area contributed by atoms with E-state index in [2.05, 4.69) is 29.2 Å². The number of morpholine rings is 1. The van der Waals surface area contributed by atoms with Gasteiger partial charge < -0.3 is 19.2 Å². The van der Waals surface area contributed by atoms with Crippen LogP contribution in [0.2, 0.25) is 5.21 Å². The van der Waals surface area contributed by atoms with Gasteiger partial charge in [-0.3, -0.25) is 19.3 Å². The molecule has 1 unspecified atom stereocenters. The fraction of sp³-hybridized carbons (Fsp3) is 0.400. The third-order valence-electron chi connectivity index (χ3n) is 7.48. The third-order valence-corrected chi connectivity index (χ3v) is 7.48. The second kappa shape index (κ2) is 9.79. The molecule has 2 saturated heterocycles. The number of nitrogens with zero attached hydrogens (tertiary/aromatic N) is 3. The summed E-state index contributed by atoms with van der Waals surface area (Å²) in [4.78, 5) is 43.8. The summed E-state index contributed by atoms with van der Waals surface area (Å²) in [6.07, 6.45) is 0.213. The Labute approximate surface area is 214 Å². The van der Waals surface area contributed by atoms with Gasteiger partial charge in [0, 0.05) is 37.2 Å². The Bertz CT molecular complexity index is 1180. The van der Waals surface area contributed by atoms with Crippen molar-refractivity contribution < 1.29 is 23.9 Å². The van der Waals surface area contributed by atoms with Crippen LogP contribution in [0.4, 0.5) is 0 Å². The van der Waals surface area contributed by atoms with Crippen LogP contribution in [-0.2, 0) is 34.0 Å². The highest BCUT2D eigenvalue weighted by Gasteiger charge is 2.50. The monoisotopic (exact) mass is 485 g/mol. The van der Waals surface area contributed by atoms with Crippen LogP contribution in [0, 0.1) is 0 Å². The van der Waals surface area contributed by atoms with Crippen molar-refractivity contribution in [3.8, 4) is 5.75 Å². The number of carbonyl (C=O) groups is 3. The molecule has 3 aliphatic heterocycles. The molecule has 0 aromatic heterocycles. The topological polar surface area (TPSA) is 79.4 Å². The van der Waals surface area contributed by atoms with E-state index in [4.69, 9.17) is 9.47 Å². The summed E-state index contributed by atoms with van der Waals surface area (Å²) in [5.41, 5.74) is 3.64. The molecule has 0 aliphatic carbocycles. The maximum absolute atomic E-state index is 13.3. The minimum absolute atomic E-state index is 0.197. The van der Waals surface area contributed by atoms with E-state index in [0.717, 1.165) is 48.8 Å². The minimum atomic E-state index is -0.702. The predicted octanol–water partition coefficient (Wildman–Crippen LogP) is -0.888. The van der Waals surface area contributed by atoms with Crippen LogP contribution in [0.15, 0.2) is 42.5 Å². The lowest BCUT2D eigenvalue weighted by Gasteiger charge is -2.45. The molecular formula is C25H30B3N3O5. The zero-order chi connectivity index (χ0) is 25.4. The number of hydrogen-bond acceptors (Lipinski definition) is 6. The zero-order valence-electron chi connectivity index (χ0n) is 21.2. The molecule has 0 spiro atoms. The number of piperidine rings is 1. The molecule has 5 rings (SSSR count). The van der Waals surface area contributed by atoms with E-state index in [1.54, 1.807) is 11.0 Å². The van der Waals surface area contributed by atoms with Gasteiger partial charge in [0.25, 0.3) is 5.91 Å². The van der Waals surface area contributed by atoms with Crippen LogP contribution in [-0.4, -0.2) is 88.4 Å². The lowest BCUT2D eigenvalue weighted by Crippen LogP contribution is -2.60. The molecule has 0 radical (unpaired) electrons. The SMILES string of the molecule is BN1C(=O)CC(B)(B)C(N2Cc3c(OCc4ccc(CN5CCOCC5)cc4)cccc3C2=O)C1=O. The standard InChI is InChI=1S/C25H30B3N3O5/c26-25(27)12-21(32)31(28)24(34)22(25)30-14-19-18(23(30)33)2-1-3-20(19)36-15-17-6-4-16(5-7-17)13-29-8-10-35-11-9-29/h1-7,22H,8-15,26-28H2. The van der Waals surface area contributed by atoms with E-state index in [0.29, 0.717) is 17.9 Å². The highest BCUT2D eigenvalue weighted by atomic mass is 16.5. The van der Waals surface area contributed by atoms with E-state index in [9.17, 15) is 14.4 Å². The Kier molecular flexibility index (Phi) is 6.70. The van der Waals surface area contributed by atoms with Gasteiger partial charge in [0.15, 0.2) is 0 Å². The Balaban J connectivity index is 1.28. The van der Waals surface area contributed by atoms with Crippen molar-refractivity contribution in [3.05, 3.63) is 64.7 Å². The van der Waals surface area contributed by atoms with Crippen LogP contribution in [0.1, 0.15) is 33.5 Å². The molecule has 2 fully saturated rings. The average Bonchev–Trinajstić information content (AvgIpc) is 3.19. The van der Waals surface area contributed by atoms with Crippen molar-refractivity contribution in [3.63, 3.8) is 0 Å². The quantitative estimate of drug-likeness (QED) is 0.391. The molecule has 0 bridgehead atoms. The number of ether oxygens (including phenoxy) is 2. The molecule has 1 atom stereocenters. The first-order chi connectivity index (χ1) is 17.2. The molecule has 0 saturated carbocycles. The third kappa shape index (κ3) is 4.69. The van der Waals surface area contributed by atoms with Gasteiger partial charge in [-0.2, -0.15) is 0 Å². The Morgan fingerprint density at radius 1 is 1.00 bits per heavy atom. The number of hydrogen-bond donors (Lipinski definition) is 0. The molecule has 3 amide bonds. The largest absolute Gasteiger partial charge is 0.489 e. The summed E-state index contributed by atoms with van der Waals surface area (Å²) in [6.45, 7) is 5.05. The van der Waals surface area contributed by atoms with E-state index in [1.807, 2.05) is 27.8 Å². The summed E-state index contributed by atoms with van der Waals surface area (Å²) in [5, 5.41) is -0.650. The molecule has 3 heterocycles. The smallest absolute Gasteiger partial charge is 0.255 e. The molecule has 3 aliphatic rings. The lowest BCUT2D eigenvalue weighted by atomic mass is 9.47. The van der Waals surface area contributed by atoms with Crippen LogP contribution >= 0.6 is 0 Å². The normalized spacial score (nSPS) is 22.1. The van der Waals surface area contributed by atoms with Crippen molar-refractivity contribution in [2.45, 2.75) is 37.4 Å². The van der Waals surface area contributed by atoms with Gasteiger partial charge in [-0.05, 0) is 28.5 Å². The summed E-state index contributed by atoms with van der Waals surface area (Å²) in [6, 6.07) is 13.2. The van der Waals surface area contributed by atoms with Gasteiger partial charge in [0.05, 0.1) is 19.8 Å². The summed E-state index contributed by atoms with van der Waals surface area (Å²) in [5.74, 6) is -0.106. The Morgan fingerprint density at radius 3 is 2.42 bits per heavy atom. The zero-order valence-corrected chi connectivity index (χ0v) is 21.2. The van der Waals surface area contributed by atoms with E-state index < -0.39 is 11.3 Å². The van der Waals surface area contributed by atoms with Gasteiger partial charge in [-0.1, -0.05) is 30.3 Å². The van der Waals surface area contributed by atoms with Crippen molar-refractivity contribution in [2.24, 2.45) is 0 Å². The highest BCUT2D eigenvalue weighted by Crippen LogP contribution is 2.41. The fourth-order valence-electron chi connectivity index (χ4n) is 5.39. The molecule has 0 N–H and O–H groups in total. The fourth-order valence-corrected chi connectivity index (χ4v) is 5.39. The van der Waals surface area contributed by atoms with Crippen LogP contribution in [0.25, 0.3) is 0 Å². The van der Waals surface area contributed by atoms with Crippen molar-refractivity contribution in [1.82, 2.24) is 14.6 Å². The van der Waals surface area contributed by atoms with Crippen LogP contribution in [0.3, 0.4) is 0 Å². The molecule has 36 heavy (non-hydrogen) atoms. The van der Waals surface area contributed by atoms with Gasteiger partial charge in [0.1, 0.15) is 34.1 Å².